The summed E-state index contributed by atoms with van der Waals surface area (Å²) in [6.45, 7) is 9.17. The Morgan fingerprint density at radius 2 is 1.76 bits per heavy atom. The van der Waals surface area contributed by atoms with E-state index in [-0.39, 0.29) is 36.1 Å². The van der Waals surface area contributed by atoms with E-state index < -0.39 is 0 Å². The summed E-state index contributed by atoms with van der Waals surface area (Å²) in [6, 6.07) is 10.5. The maximum atomic E-state index is 12.8. The zero-order valence-corrected chi connectivity index (χ0v) is 22.4. The lowest BCUT2D eigenvalue weighted by Crippen LogP contribution is -2.57. The molecule has 0 saturated carbocycles. The molecule has 1 amide bonds. The van der Waals surface area contributed by atoms with Gasteiger partial charge in [0.2, 0.25) is 5.91 Å². The monoisotopic (exact) mass is 569 g/mol. The van der Waals surface area contributed by atoms with E-state index in [2.05, 4.69) is 57.4 Å². The predicted octanol–water partition coefficient (Wildman–Crippen LogP) is 2.98. The molecule has 4 rings (SSSR count). The van der Waals surface area contributed by atoms with Crippen LogP contribution in [0.25, 0.3) is 0 Å². The van der Waals surface area contributed by atoms with Crippen molar-refractivity contribution in [3.8, 4) is 0 Å². The van der Waals surface area contributed by atoms with Crippen LogP contribution in [0, 0.1) is 5.92 Å². The van der Waals surface area contributed by atoms with Crippen LogP contribution < -0.4 is 5.32 Å². The smallest absolute Gasteiger partial charge is 0.239 e. The molecule has 0 spiro atoms. The number of rotatable bonds is 5. The Morgan fingerprint density at radius 1 is 1.06 bits per heavy atom. The number of nitrogens with one attached hydrogen (secondary N) is 1. The second-order valence-electron chi connectivity index (χ2n) is 9.26. The number of amides is 1. The van der Waals surface area contributed by atoms with Gasteiger partial charge in [0.15, 0.2) is 5.96 Å². The van der Waals surface area contributed by atoms with E-state index in [0.29, 0.717) is 11.8 Å². The molecular weight excluding hydrogens is 529 g/mol. The molecule has 184 valence electrons. The minimum atomic E-state index is -0.0313. The molecular formula is C25H40IN5O2. The first-order valence-electron chi connectivity index (χ1n) is 12.3. The van der Waals surface area contributed by atoms with Crippen LogP contribution in [-0.2, 0) is 9.53 Å². The minimum Gasteiger partial charge on any atom is -0.373 e. The van der Waals surface area contributed by atoms with Crippen molar-refractivity contribution in [2.24, 2.45) is 10.9 Å². The van der Waals surface area contributed by atoms with Crippen LogP contribution in [0.1, 0.15) is 44.3 Å². The molecule has 8 heteroatoms. The van der Waals surface area contributed by atoms with Crippen LogP contribution >= 0.6 is 24.0 Å². The normalized spacial score (nSPS) is 25.5. The second kappa shape index (κ2) is 12.9. The Balaban J connectivity index is 0.00000306. The SMILES string of the molecule is CN=C(NCC1CCCOC1c1ccccc1)N1CCN(C(C)C(=O)N2CCCC2)CC1.I. The highest BCUT2D eigenvalue weighted by molar-refractivity contribution is 14.0. The van der Waals surface area contributed by atoms with Crippen LogP contribution in [0.5, 0.6) is 0 Å². The largest absolute Gasteiger partial charge is 0.373 e. The van der Waals surface area contributed by atoms with Gasteiger partial charge in [-0.25, -0.2) is 0 Å². The van der Waals surface area contributed by atoms with Crippen molar-refractivity contribution in [2.45, 2.75) is 44.8 Å². The van der Waals surface area contributed by atoms with Gasteiger partial charge in [-0.05, 0) is 38.2 Å². The van der Waals surface area contributed by atoms with E-state index in [1.54, 1.807) is 0 Å². The highest BCUT2D eigenvalue weighted by Gasteiger charge is 2.31. The Labute approximate surface area is 215 Å². The molecule has 3 aliphatic heterocycles. The Morgan fingerprint density at radius 3 is 2.42 bits per heavy atom. The average Bonchev–Trinajstić information content (AvgIpc) is 3.40. The summed E-state index contributed by atoms with van der Waals surface area (Å²) in [5.41, 5.74) is 1.26. The van der Waals surface area contributed by atoms with Gasteiger partial charge in [0, 0.05) is 65.4 Å². The molecule has 3 saturated heterocycles. The molecule has 3 unspecified atom stereocenters. The lowest BCUT2D eigenvalue weighted by Gasteiger charge is -2.40. The molecule has 1 aromatic rings. The second-order valence-corrected chi connectivity index (χ2v) is 9.26. The molecule has 1 N–H and O–H groups in total. The third-order valence-electron chi connectivity index (χ3n) is 7.24. The number of hydrogen-bond acceptors (Lipinski definition) is 4. The number of hydrogen-bond donors (Lipinski definition) is 1. The summed E-state index contributed by atoms with van der Waals surface area (Å²) in [7, 11) is 1.86. The molecule has 0 bridgehead atoms. The van der Waals surface area contributed by atoms with Gasteiger partial charge in [-0.15, -0.1) is 24.0 Å². The van der Waals surface area contributed by atoms with Crippen LogP contribution in [0.2, 0.25) is 0 Å². The number of carbonyl (C=O) groups is 1. The first-order valence-corrected chi connectivity index (χ1v) is 12.3. The van der Waals surface area contributed by atoms with Crippen molar-refractivity contribution < 1.29 is 9.53 Å². The van der Waals surface area contributed by atoms with Crippen molar-refractivity contribution in [3.05, 3.63) is 35.9 Å². The molecule has 1 aromatic carbocycles. The van der Waals surface area contributed by atoms with Gasteiger partial charge in [0.1, 0.15) is 0 Å². The molecule has 3 heterocycles. The van der Waals surface area contributed by atoms with Crippen molar-refractivity contribution in [1.82, 2.24) is 20.0 Å². The lowest BCUT2D eigenvalue weighted by molar-refractivity contribution is -0.135. The summed E-state index contributed by atoms with van der Waals surface area (Å²) in [6.07, 6.45) is 4.70. The van der Waals surface area contributed by atoms with Gasteiger partial charge < -0.3 is 19.9 Å². The quantitative estimate of drug-likeness (QED) is 0.336. The average molecular weight is 570 g/mol. The maximum Gasteiger partial charge on any atom is 0.239 e. The summed E-state index contributed by atoms with van der Waals surface area (Å²) >= 11 is 0. The Kier molecular flexibility index (Phi) is 10.2. The van der Waals surface area contributed by atoms with Gasteiger partial charge in [0.25, 0.3) is 0 Å². The van der Waals surface area contributed by atoms with Gasteiger partial charge >= 0.3 is 0 Å². The van der Waals surface area contributed by atoms with Crippen molar-refractivity contribution >= 4 is 35.8 Å². The molecule has 3 atom stereocenters. The highest BCUT2D eigenvalue weighted by Crippen LogP contribution is 2.33. The van der Waals surface area contributed by atoms with E-state index in [1.165, 1.54) is 5.56 Å². The number of piperazine rings is 1. The van der Waals surface area contributed by atoms with E-state index in [1.807, 2.05) is 11.9 Å². The van der Waals surface area contributed by atoms with Crippen molar-refractivity contribution in [3.63, 3.8) is 0 Å². The third-order valence-corrected chi connectivity index (χ3v) is 7.24. The van der Waals surface area contributed by atoms with E-state index in [9.17, 15) is 4.79 Å². The molecule has 0 aromatic heterocycles. The first kappa shape index (κ1) is 26.2. The molecule has 7 nitrogen and oxygen atoms in total. The predicted molar refractivity (Wildman–Crippen MR) is 143 cm³/mol. The topological polar surface area (TPSA) is 60.4 Å². The molecule has 33 heavy (non-hydrogen) atoms. The number of ether oxygens (including phenoxy) is 1. The van der Waals surface area contributed by atoms with Gasteiger partial charge in [-0.2, -0.15) is 0 Å². The zero-order valence-electron chi connectivity index (χ0n) is 20.1. The van der Waals surface area contributed by atoms with E-state index >= 15 is 0 Å². The third kappa shape index (κ3) is 6.60. The molecule has 0 radical (unpaired) electrons. The fraction of sp³-hybridized carbons (Fsp3) is 0.680. The molecule has 3 fully saturated rings. The van der Waals surface area contributed by atoms with E-state index in [0.717, 1.165) is 84.1 Å². The summed E-state index contributed by atoms with van der Waals surface area (Å²) < 4.78 is 6.16. The van der Waals surface area contributed by atoms with Crippen LogP contribution in [0.15, 0.2) is 35.3 Å². The maximum absolute atomic E-state index is 12.8. The number of guanidine groups is 1. The van der Waals surface area contributed by atoms with Crippen molar-refractivity contribution in [2.75, 3.05) is 59.5 Å². The van der Waals surface area contributed by atoms with Gasteiger partial charge in [-0.3, -0.25) is 14.7 Å². The lowest BCUT2D eigenvalue weighted by atomic mass is 9.89. The van der Waals surface area contributed by atoms with Crippen LogP contribution in [-0.4, -0.2) is 92.1 Å². The minimum absolute atomic E-state index is 0. The van der Waals surface area contributed by atoms with Gasteiger partial charge in [0.05, 0.1) is 12.1 Å². The number of carbonyl (C=O) groups excluding carboxylic acids is 1. The number of benzene rings is 1. The standard InChI is InChI=1S/C25H39N5O2.HI/c1-20(24(31)29-12-6-7-13-29)28-14-16-30(17-15-28)25(26-2)27-19-22-11-8-18-32-23(22)21-9-4-3-5-10-21;/h3-5,9-10,20,22-23H,6-8,11-19H2,1-2H3,(H,26,27);1H. The Bertz CT molecular complexity index is 763. The molecule has 3 aliphatic rings. The van der Waals surface area contributed by atoms with Crippen molar-refractivity contribution in [1.29, 1.82) is 0 Å². The van der Waals surface area contributed by atoms with E-state index in [4.69, 9.17) is 4.74 Å². The highest BCUT2D eigenvalue weighted by atomic mass is 127. The van der Waals surface area contributed by atoms with Crippen LogP contribution in [0.3, 0.4) is 0 Å². The first-order chi connectivity index (χ1) is 15.7. The molecule has 0 aliphatic carbocycles. The number of aliphatic imine (C=N–C) groups is 1. The summed E-state index contributed by atoms with van der Waals surface area (Å²) in [5.74, 6) is 1.69. The summed E-state index contributed by atoms with van der Waals surface area (Å²) in [5, 5.41) is 3.62. The van der Waals surface area contributed by atoms with Crippen LogP contribution in [0.4, 0.5) is 0 Å². The van der Waals surface area contributed by atoms with Gasteiger partial charge in [-0.1, -0.05) is 30.3 Å². The number of halogens is 1. The summed E-state index contributed by atoms with van der Waals surface area (Å²) in [4.78, 5) is 24.0. The Hall–Kier alpha value is -1.39. The fourth-order valence-corrected chi connectivity index (χ4v) is 5.30. The fourth-order valence-electron chi connectivity index (χ4n) is 5.30. The number of nitrogens with zero attached hydrogens (tertiary/aromatic N) is 4. The number of likely N-dealkylation sites (tertiary alicyclic amines) is 1. The zero-order chi connectivity index (χ0) is 22.3.